The highest BCUT2D eigenvalue weighted by atomic mass is 32.2. The minimum absolute atomic E-state index is 0.468. The highest BCUT2D eigenvalue weighted by molar-refractivity contribution is 7.99. The van der Waals surface area contributed by atoms with Gasteiger partial charge in [0.2, 0.25) is 0 Å². The Kier molecular flexibility index (Phi) is 3.15. The monoisotopic (exact) mass is 215 g/mol. The van der Waals surface area contributed by atoms with Gasteiger partial charge in [-0.1, -0.05) is 36.0 Å². The number of hydrogen-bond donors (Lipinski definition) is 0. The van der Waals surface area contributed by atoms with Crippen LogP contribution in [0.2, 0.25) is 0 Å². The summed E-state index contributed by atoms with van der Waals surface area (Å²) in [6, 6.07) is 15.4. The number of carbonyl (C=O) groups excluding carboxylic acids is 1. The van der Waals surface area contributed by atoms with E-state index in [0.717, 1.165) is 16.2 Å². The van der Waals surface area contributed by atoms with Crippen molar-refractivity contribution in [3.8, 4) is 0 Å². The summed E-state index contributed by atoms with van der Waals surface area (Å²) >= 11 is 1.55. The lowest BCUT2D eigenvalue weighted by atomic mass is 10.4. The molecule has 0 bridgehead atoms. The molecule has 15 heavy (non-hydrogen) atoms. The molecule has 1 aromatic heterocycles. The first-order valence-electron chi connectivity index (χ1n) is 4.53. The first-order valence-corrected chi connectivity index (χ1v) is 5.35. The standard InChI is InChI=1S/C12H9NOS/c14-9-10-5-4-8-12(13-10)15-11-6-2-1-3-7-11/h1-9H. The summed E-state index contributed by atoms with van der Waals surface area (Å²) in [5.74, 6) is 0. The summed E-state index contributed by atoms with van der Waals surface area (Å²) in [7, 11) is 0. The zero-order valence-corrected chi connectivity index (χ0v) is 8.78. The van der Waals surface area contributed by atoms with Gasteiger partial charge in [-0.2, -0.15) is 0 Å². The van der Waals surface area contributed by atoms with E-state index in [1.165, 1.54) is 0 Å². The fourth-order valence-electron chi connectivity index (χ4n) is 1.16. The van der Waals surface area contributed by atoms with E-state index in [-0.39, 0.29) is 0 Å². The van der Waals surface area contributed by atoms with E-state index in [0.29, 0.717) is 5.69 Å². The van der Waals surface area contributed by atoms with Crippen molar-refractivity contribution in [2.45, 2.75) is 9.92 Å². The maximum Gasteiger partial charge on any atom is 0.168 e. The molecule has 0 atom stereocenters. The predicted octanol–water partition coefficient (Wildman–Crippen LogP) is 3.05. The van der Waals surface area contributed by atoms with Crippen molar-refractivity contribution >= 4 is 18.0 Å². The van der Waals surface area contributed by atoms with Crippen molar-refractivity contribution in [1.82, 2.24) is 4.98 Å². The number of aldehydes is 1. The van der Waals surface area contributed by atoms with Gasteiger partial charge in [0.1, 0.15) is 10.7 Å². The van der Waals surface area contributed by atoms with Crippen LogP contribution in [0.4, 0.5) is 0 Å². The average Bonchev–Trinajstić information content (AvgIpc) is 2.31. The van der Waals surface area contributed by atoms with Crippen LogP contribution in [0.1, 0.15) is 10.5 Å². The van der Waals surface area contributed by atoms with E-state index in [1.807, 2.05) is 42.5 Å². The van der Waals surface area contributed by atoms with Gasteiger partial charge < -0.3 is 0 Å². The molecule has 0 N–H and O–H groups in total. The van der Waals surface area contributed by atoms with Gasteiger partial charge in [0.05, 0.1) is 0 Å². The van der Waals surface area contributed by atoms with Gasteiger partial charge in [0, 0.05) is 4.90 Å². The molecule has 2 nitrogen and oxygen atoms in total. The number of carbonyl (C=O) groups is 1. The molecule has 0 aliphatic carbocycles. The summed E-state index contributed by atoms with van der Waals surface area (Å²) in [5.41, 5.74) is 0.468. The minimum Gasteiger partial charge on any atom is -0.296 e. The van der Waals surface area contributed by atoms with Gasteiger partial charge >= 0.3 is 0 Å². The first kappa shape index (κ1) is 9.93. The molecule has 0 fully saturated rings. The molecule has 1 aromatic carbocycles. The second-order valence-electron chi connectivity index (χ2n) is 2.93. The fourth-order valence-corrected chi connectivity index (χ4v) is 1.99. The zero-order valence-electron chi connectivity index (χ0n) is 7.96. The lowest BCUT2D eigenvalue weighted by Gasteiger charge is -2.00. The van der Waals surface area contributed by atoms with E-state index >= 15 is 0 Å². The van der Waals surface area contributed by atoms with Crippen LogP contribution in [0.25, 0.3) is 0 Å². The van der Waals surface area contributed by atoms with Crippen molar-refractivity contribution < 1.29 is 4.79 Å². The van der Waals surface area contributed by atoms with Gasteiger partial charge in [0.15, 0.2) is 6.29 Å². The first-order chi connectivity index (χ1) is 7.38. The van der Waals surface area contributed by atoms with Gasteiger partial charge in [-0.05, 0) is 24.3 Å². The lowest BCUT2D eigenvalue weighted by Crippen LogP contribution is -1.87. The number of nitrogens with zero attached hydrogens (tertiary/aromatic N) is 1. The Balaban J connectivity index is 2.21. The minimum atomic E-state index is 0.468. The Morgan fingerprint density at radius 2 is 1.80 bits per heavy atom. The number of pyridine rings is 1. The van der Waals surface area contributed by atoms with Gasteiger partial charge in [0.25, 0.3) is 0 Å². The van der Waals surface area contributed by atoms with Crippen LogP contribution in [0.5, 0.6) is 0 Å². The van der Waals surface area contributed by atoms with Crippen LogP contribution in [0.15, 0.2) is 58.5 Å². The van der Waals surface area contributed by atoms with E-state index in [4.69, 9.17) is 0 Å². The molecule has 0 unspecified atom stereocenters. The molecule has 0 amide bonds. The topological polar surface area (TPSA) is 30.0 Å². The smallest absolute Gasteiger partial charge is 0.168 e. The molecule has 0 saturated heterocycles. The van der Waals surface area contributed by atoms with E-state index in [1.54, 1.807) is 17.8 Å². The lowest BCUT2D eigenvalue weighted by molar-refractivity contribution is 0.111. The molecule has 0 aliphatic heterocycles. The highest BCUT2D eigenvalue weighted by Gasteiger charge is 1.98. The Bertz CT molecular complexity index is 456. The summed E-state index contributed by atoms with van der Waals surface area (Å²) in [5, 5.41) is 0.839. The third kappa shape index (κ3) is 2.67. The van der Waals surface area contributed by atoms with Crippen LogP contribution in [-0.2, 0) is 0 Å². The third-order valence-corrected chi connectivity index (χ3v) is 2.78. The number of aromatic nitrogens is 1. The number of hydrogen-bond acceptors (Lipinski definition) is 3. The Morgan fingerprint density at radius 3 is 2.53 bits per heavy atom. The summed E-state index contributed by atoms with van der Waals surface area (Å²) < 4.78 is 0. The van der Waals surface area contributed by atoms with Crippen LogP contribution >= 0.6 is 11.8 Å². The quantitative estimate of drug-likeness (QED) is 0.737. The molecule has 2 aromatic rings. The Morgan fingerprint density at radius 1 is 1.00 bits per heavy atom. The maximum absolute atomic E-state index is 10.5. The molecule has 0 saturated carbocycles. The molecule has 0 radical (unpaired) electrons. The van der Waals surface area contributed by atoms with Gasteiger partial charge in [-0.3, -0.25) is 4.79 Å². The Labute approximate surface area is 92.4 Å². The van der Waals surface area contributed by atoms with Crippen molar-refractivity contribution in [2.24, 2.45) is 0 Å². The van der Waals surface area contributed by atoms with E-state index in [2.05, 4.69) is 4.98 Å². The predicted molar refractivity (Wildman–Crippen MR) is 60.2 cm³/mol. The Hall–Kier alpha value is -1.61. The molecule has 1 heterocycles. The molecule has 74 valence electrons. The molecule has 2 rings (SSSR count). The fraction of sp³-hybridized carbons (Fsp3) is 0. The second-order valence-corrected chi connectivity index (χ2v) is 4.03. The second kappa shape index (κ2) is 4.75. The maximum atomic E-state index is 10.5. The third-order valence-electron chi connectivity index (χ3n) is 1.83. The van der Waals surface area contributed by atoms with Crippen molar-refractivity contribution in [2.75, 3.05) is 0 Å². The number of benzene rings is 1. The molecular weight excluding hydrogens is 206 g/mol. The SMILES string of the molecule is O=Cc1cccc(Sc2ccccc2)n1. The molecular formula is C12H9NOS. The van der Waals surface area contributed by atoms with Gasteiger partial charge in [-0.25, -0.2) is 4.98 Å². The zero-order chi connectivity index (χ0) is 10.5. The number of rotatable bonds is 3. The summed E-state index contributed by atoms with van der Waals surface area (Å²) in [6.45, 7) is 0. The van der Waals surface area contributed by atoms with Crippen molar-refractivity contribution in [1.29, 1.82) is 0 Å². The molecule has 0 spiro atoms. The average molecular weight is 215 g/mol. The molecule has 3 heteroatoms. The summed E-state index contributed by atoms with van der Waals surface area (Å²) in [4.78, 5) is 15.8. The van der Waals surface area contributed by atoms with Crippen molar-refractivity contribution in [3.05, 3.63) is 54.2 Å². The van der Waals surface area contributed by atoms with Crippen LogP contribution in [0.3, 0.4) is 0 Å². The summed E-state index contributed by atoms with van der Waals surface area (Å²) in [6.07, 6.45) is 0.759. The molecule has 0 aliphatic rings. The van der Waals surface area contributed by atoms with Crippen LogP contribution in [0, 0.1) is 0 Å². The highest BCUT2D eigenvalue weighted by Crippen LogP contribution is 2.25. The van der Waals surface area contributed by atoms with Crippen molar-refractivity contribution in [3.63, 3.8) is 0 Å². The van der Waals surface area contributed by atoms with E-state index < -0.39 is 0 Å². The van der Waals surface area contributed by atoms with Gasteiger partial charge in [-0.15, -0.1) is 0 Å². The largest absolute Gasteiger partial charge is 0.296 e. The normalized spacial score (nSPS) is 9.87. The van der Waals surface area contributed by atoms with Crippen LogP contribution in [-0.4, -0.2) is 11.3 Å². The van der Waals surface area contributed by atoms with Crippen LogP contribution < -0.4 is 0 Å². The van der Waals surface area contributed by atoms with E-state index in [9.17, 15) is 4.79 Å².